The highest BCUT2D eigenvalue weighted by Crippen LogP contribution is 2.31. The zero-order valence-electron chi connectivity index (χ0n) is 8.46. The van der Waals surface area contributed by atoms with Gasteiger partial charge in [-0.05, 0) is 30.9 Å². The van der Waals surface area contributed by atoms with E-state index in [1.165, 1.54) is 6.07 Å². The van der Waals surface area contributed by atoms with Crippen molar-refractivity contribution in [1.82, 2.24) is 0 Å². The Morgan fingerprint density at radius 3 is 2.69 bits per heavy atom. The van der Waals surface area contributed by atoms with Crippen LogP contribution in [0.4, 0.5) is 13.2 Å². The molecular formula is C11H11F3O2. The Morgan fingerprint density at radius 2 is 2.06 bits per heavy atom. The lowest BCUT2D eigenvalue weighted by Gasteiger charge is -2.09. The van der Waals surface area contributed by atoms with Crippen molar-refractivity contribution in [3.05, 3.63) is 24.0 Å². The predicted molar refractivity (Wildman–Crippen MR) is 51.3 cm³/mol. The summed E-state index contributed by atoms with van der Waals surface area (Å²) < 4.78 is 46.2. The molecule has 0 unspecified atom stereocenters. The van der Waals surface area contributed by atoms with Crippen LogP contribution in [0.5, 0.6) is 11.5 Å². The molecule has 0 bridgehead atoms. The standard InChI is InChI=1S/C11H11F3O2/c12-9-4-3-8(15-6-7-1-2-7)5-10(9)16-11(13)14/h3-5,7,11H,1-2,6H2. The van der Waals surface area contributed by atoms with Gasteiger partial charge < -0.3 is 9.47 Å². The van der Waals surface area contributed by atoms with Crippen LogP contribution in [0.3, 0.4) is 0 Å². The summed E-state index contributed by atoms with van der Waals surface area (Å²) >= 11 is 0. The average molecular weight is 232 g/mol. The van der Waals surface area contributed by atoms with Gasteiger partial charge in [0.15, 0.2) is 11.6 Å². The maximum Gasteiger partial charge on any atom is 0.387 e. The summed E-state index contributed by atoms with van der Waals surface area (Å²) in [7, 11) is 0. The van der Waals surface area contributed by atoms with Gasteiger partial charge in [-0.15, -0.1) is 0 Å². The molecule has 88 valence electrons. The lowest BCUT2D eigenvalue weighted by molar-refractivity contribution is -0.0523. The van der Waals surface area contributed by atoms with E-state index in [0.717, 1.165) is 25.0 Å². The molecule has 0 N–H and O–H groups in total. The zero-order chi connectivity index (χ0) is 11.5. The van der Waals surface area contributed by atoms with E-state index in [-0.39, 0.29) is 0 Å². The van der Waals surface area contributed by atoms with Crippen LogP contribution in [0.25, 0.3) is 0 Å². The first-order valence-corrected chi connectivity index (χ1v) is 5.02. The van der Waals surface area contributed by atoms with Crippen molar-refractivity contribution in [2.45, 2.75) is 19.5 Å². The summed E-state index contributed by atoms with van der Waals surface area (Å²) in [6, 6.07) is 3.60. The molecule has 0 heterocycles. The molecule has 0 aromatic heterocycles. The summed E-state index contributed by atoms with van der Waals surface area (Å²) in [6.45, 7) is -2.49. The molecular weight excluding hydrogens is 221 g/mol. The smallest absolute Gasteiger partial charge is 0.387 e. The van der Waals surface area contributed by atoms with Crippen molar-refractivity contribution in [3.63, 3.8) is 0 Å². The molecule has 5 heteroatoms. The van der Waals surface area contributed by atoms with E-state index >= 15 is 0 Å². The quantitative estimate of drug-likeness (QED) is 0.776. The maximum absolute atomic E-state index is 13.0. The summed E-state index contributed by atoms with van der Waals surface area (Å²) in [4.78, 5) is 0. The number of alkyl halides is 2. The Labute approximate surface area is 91.0 Å². The third kappa shape index (κ3) is 3.05. The lowest BCUT2D eigenvalue weighted by Crippen LogP contribution is -2.05. The molecule has 0 amide bonds. The van der Waals surface area contributed by atoms with Crippen LogP contribution in [0.2, 0.25) is 0 Å². The predicted octanol–water partition coefficient (Wildman–Crippen LogP) is 3.22. The third-order valence-electron chi connectivity index (χ3n) is 2.30. The Balaban J connectivity index is 2.01. The Bertz CT molecular complexity index is 364. The molecule has 1 aromatic carbocycles. The van der Waals surface area contributed by atoms with Crippen LogP contribution in [-0.4, -0.2) is 13.2 Å². The molecule has 0 spiro atoms. The van der Waals surface area contributed by atoms with E-state index in [0.29, 0.717) is 18.3 Å². The van der Waals surface area contributed by atoms with Gasteiger partial charge in [0.25, 0.3) is 0 Å². The molecule has 1 saturated carbocycles. The minimum absolute atomic E-state index is 0.351. The first-order chi connectivity index (χ1) is 7.65. The number of hydrogen-bond donors (Lipinski definition) is 0. The number of hydrogen-bond acceptors (Lipinski definition) is 2. The van der Waals surface area contributed by atoms with Gasteiger partial charge in [-0.3, -0.25) is 0 Å². The monoisotopic (exact) mass is 232 g/mol. The second-order valence-corrected chi connectivity index (χ2v) is 3.73. The van der Waals surface area contributed by atoms with Crippen LogP contribution in [0.1, 0.15) is 12.8 Å². The summed E-state index contributed by atoms with van der Waals surface area (Å²) in [6.07, 6.45) is 2.25. The fraction of sp³-hybridized carbons (Fsp3) is 0.455. The van der Waals surface area contributed by atoms with Gasteiger partial charge in [-0.1, -0.05) is 0 Å². The number of rotatable bonds is 5. The topological polar surface area (TPSA) is 18.5 Å². The van der Waals surface area contributed by atoms with Crippen LogP contribution < -0.4 is 9.47 Å². The van der Waals surface area contributed by atoms with Gasteiger partial charge in [0.2, 0.25) is 0 Å². The molecule has 2 rings (SSSR count). The van der Waals surface area contributed by atoms with Crippen molar-refractivity contribution >= 4 is 0 Å². The normalized spacial score (nSPS) is 15.2. The highest BCUT2D eigenvalue weighted by atomic mass is 19.3. The fourth-order valence-electron chi connectivity index (χ4n) is 1.26. The van der Waals surface area contributed by atoms with Gasteiger partial charge in [0, 0.05) is 6.07 Å². The largest absolute Gasteiger partial charge is 0.493 e. The van der Waals surface area contributed by atoms with E-state index in [9.17, 15) is 13.2 Å². The molecule has 1 aliphatic carbocycles. The van der Waals surface area contributed by atoms with E-state index in [4.69, 9.17) is 4.74 Å². The van der Waals surface area contributed by atoms with Gasteiger partial charge in [-0.25, -0.2) is 4.39 Å². The maximum atomic E-state index is 13.0. The number of ether oxygens (including phenoxy) is 2. The molecule has 0 saturated heterocycles. The molecule has 1 aliphatic rings. The van der Waals surface area contributed by atoms with Crippen molar-refractivity contribution in [3.8, 4) is 11.5 Å². The molecule has 1 fully saturated rings. The van der Waals surface area contributed by atoms with Gasteiger partial charge in [0.05, 0.1) is 6.61 Å². The van der Waals surface area contributed by atoms with E-state index < -0.39 is 18.2 Å². The highest BCUT2D eigenvalue weighted by molar-refractivity contribution is 5.34. The lowest BCUT2D eigenvalue weighted by atomic mass is 10.3. The summed E-state index contributed by atoms with van der Waals surface area (Å²) in [5, 5.41) is 0. The Kier molecular flexibility index (Phi) is 3.22. The van der Waals surface area contributed by atoms with Crippen LogP contribution >= 0.6 is 0 Å². The Hall–Kier alpha value is -1.39. The summed E-state index contributed by atoms with van der Waals surface area (Å²) in [5.74, 6) is -0.407. The second kappa shape index (κ2) is 4.63. The van der Waals surface area contributed by atoms with Crippen LogP contribution in [-0.2, 0) is 0 Å². The number of halogens is 3. The van der Waals surface area contributed by atoms with Gasteiger partial charge in [-0.2, -0.15) is 8.78 Å². The molecule has 2 nitrogen and oxygen atoms in total. The first kappa shape index (κ1) is 11.1. The van der Waals surface area contributed by atoms with Crippen LogP contribution in [0, 0.1) is 11.7 Å². The van der Waals surface area contributed by atoms with Crippen molar-refractivity contribution in [2.24, 2.45) is 5.92 Å². The average Bonchev–Trinajstić information content (AvgIpc) is 3.02. The SMILES string of the molecule is Fc1ccc(OCC2CC2)cc1OC(F)F. The fourth-order valence-corrected chi connectivity index (χ4v) is 1.26. The van der Waals surface area contributed by atoms with Gasteiger partial charge >= 0.3 is 6.61 Å². The van der Waals surface area contributed by atoms with Crippen LogP contribution in [0.15, 0.2) is 18.2 Å². The first-order valence-electron chi connectivity index (χ1n) is 5.02. The van der Waals surface area contributed by atoms with E-state index in [1.807, 2.05) is 0 Å². The molecule has 0 atom stereocenters. The molecule has 0 radical (unpaired) electrons. The highest BCUT2D eigenvalue weighted by Gasteiger charge is 2.22. The van der Waals surface area contributed by atoms with Gasteiger partial charge in [0.1, 0.15) is 5.75 Å². The minimum atomic E-state index is -3.03. The summed E-state index contributed by atoms with van der Waals surface area (Å²) in [5.41, 5.74) is 0. The zero-order valence-corrected chi connectivity index (χ0v) is 8.46. The molecule has 1 aromatic rings. The second-order valence-electron chi connectivity index (χ2n) is 3.73. The van der Waals surface area contributed by atoms with Crippen molar-refractivity contribution in [2.75, 3.05) is 6.61 Å². The Morgan fingerprint density at radius 1 is 1.31 bits per heavy atom. The molecule has 16 heavy (non-hydrogen) atoms. The van der Waals surface area contributed by atoms with E-state index in [2.05, 4.69) is 4.74 Å². The minimum Gasteiger partial charge on any atom is -0.493 e. The van der Waals surface area contributed by atoms with E-state index in [1.54, 1.807) is 0 Å². The molecule has 0 aliphatic heterocycles. The van der Waals surface area contributed by atoms with Crippen molar-refractivity contribution < 1.29 is 22.6 Å². The number of benzene rings is 1. The van der Waals surface area contributed by atoms with Crippen molar-refractivity contribution in [1.29, 1.82) is 0 Å². The third-order valence-corrected chi connectivity index (χ3v) is 2.30.